The second kappa shape index (κ2) is 7.07. The molecular formula is C15H13Cl3O2. The van der Waals surface area contributed by atoms with Gasteiger partial charge in [0.25, 0.3) is 0 Å². The van der Waals surface area contributed by atoms with Gasteiger partial charge in [-0.3, -0.25) is 0 Å². The third-order valence-electron chi connectivity index (χ3n) is 2.79. The molecule has 0 aliphatic rings. The summed E-state index contributed by atoms with van der Waals surface area (Å²) in [5, 5.41) is 1.22. The maximum absolute atomic E-state index is 6.10. The van der Waals surface area contributed by atoms with Gasteiger partial charge in [0.15, 0.2) is 11.5 Å². The standard InChI is InChI=1S/C15H13Cl3O2/c1-19-14-7-12(17)6-11(8-16)15(14)20-9-10-4-2-3-5-13(10)18/h2-7H,8-9H2,1H3. The molecule has 0 aliphatic heterocycles. The Bertz CT molecular complexity index is 574. The number of methoxy groups -OCH3 is 1. The zero-order valence-electron chi connectivity index (χ0n) is 10.8. The molecule has 0 saturated carbocycles. The van der Waals surface area contributed by atoms with Gasteiger partial charge in [0.1, 0.15) is 6.61 Å². The van der Waals surface area contributed by atoms with Crippen LogP contribution in [0.4, 0.5) is 0 Å². The second-order valence-electron chi connectivity index (χ2n) is 4.11. The van der Waals surface area contributed by atoms with E-state index in [1.54, 1.807) is 19.2 Å². The van der Waals surface area contributed by atoms with Crippen LogP contribution in [0.3, 0.4) is 0 Å². The van der Waals surface area contributed by atoms with Crippen LogP contribution in [0.25, 0.3) is 0 Å². The molecular weight excluding hydrogens is 319 g/mol. The van der Waals surface area contributed by atoms with Gasteiger partial charge < -0.3 is 9.47 Å². The maximum Gasteiger partial charge on any atom is 0.166 e. The lowest BCUT2D eigenvalue weighted by Crippen LogP contribution is -2.01. The van der Waals surface area contributed by atoms with Gasteiger partial charge in [-0.25, -0.2) is 0 Å². The van der Waals surface area contributed by atoms with Gasteiger partial charge in [-0.1, -0.05) is 41.4 Å². The van der Waals surface area contributed by atoms with E-state index in [9.17, 15) is 0 Å². The van der Waals surface area contributed by atoms with Gasteiger partial charge >= 0.3 is 0 Å². The average Bonchev–Trinajstić information content (AvgIpc) is 2.46. The van der Waals surface area contributed by atoms with Crippen LogP contribution in [-0.2, 0) is 12.5 Å². The van der Waals surface area contributed by atoms with E-state index in [1.807, 2.05) is 24.3 Å². The second-order valence-corrected chi connectivity index (χ2v) is 5.22. The molecule has 5 heteroatoms. The summed E-state index contributed by atoms with van der Waals surface area (Å²) in [6.45, 7) is 0.335. The molecule has 2 aromatic carbocycles. The number of rotatable bonds is 5. The van der Waals surface area contributed by atoms with Gasteiger partial charge in [-0.15, -0.1) is 11.6 Å². The summed E-state index contributed by atoms with van der Waals surface area (Å²) in [5.41, 5.74) is 1.68. The van der Waals surface area contributed by atoms with E-state index < -0.39 is 0 Å². The Morgan fingerprint density at radius 3 is 2.45 bits per heavy atom. The van der Waals surface area contributed by atoms with E-state index in [2.05, 4.69) is 0 Å². The third kappa shape index (κ3) is 3.51. The van der Waals surface area contributed by atoms with E-state index in [-0.39, 0.29) is 5.88 Å². The van der Waals surface area contributed by atoms with Gasteiger partial charge in [-0.2, -0.15) is 0 Å². The van der Waals surface area contributed by atoms with Crippen LogP contribution < -0.4 is 9.47 Å². The minimum atomic E-state index is 0.286. The van der Waals surface area contributed by atoms with Crippen LogP contribution in [0.2, 0.25) is 10.0 Å². The van der Waals surface area contributed by atoms with E-state index in [0.717, 1.165) is 11.1 Å². The third-order valence-corrected chi connectivity index (χ3v) is 3.67. The maximum atomic E-state index is 6.10. The number of hydrogen-bond donors (Lipinski definition) is 0. The SMILES string of the molecule is COc1cc(Cl)cc(CCl)c1OCc1ccccc1Cl. The van der Waals surface area contributed by atoms with Crippen molar-refractivity contribution in [1.82, 2.24) is 0 Å². The molecule has 0 unspecified atom stereocenters. The highest BCUT2D eigenvalue weighted by molar-refractivity contribution is 6.31. The van der Waals surface area contributed by atoms with Crippen LogP contribution in [0.15, 0.2) is 36.4 Å². The van der Waals surface area contributed by atoms with Crippen molar-refractivity contribution in [2.45, 2.75) is 12.5 Å². The first-order valence-electron chi connectivity index (χ1n) is 5.94. The van der Waals surface area contributed by atoms with Gasteiger partial charge in [0, 0.05) is 27.2 Å². The summed E-state index contributed by atoms with van der Waals surface area (Å²) in [6.07, 6.45) is 0. The fraction of sp³-hybridized carbons (Fsp3) is 0.200. The quantitative estimate of drug-likeness (QED) is 0.690. The minimum Gasteiger partial charge on any atom is -0.493 e. The smallest absolute Gasteiger partial charge is 0.166 e. The van der Waals surface area contributed by atoms with Crippen molar-refractivity contribution in [3.05, 3.63) is 57.6 Å². The molecule has 2 rings (SSSR count). The van der Waals surface area contributed by atoms with E-state index in [0.29, 0.717) is 28.2 Å². The van der Waals surface area contributed by atoms with Gasteiger partial charge in [0.05, 0.1) is 13.0 Å². The summed E-state index contributed by atoms with van der Waals surface area (Å²) in [7, 11) is 1.56. The molecule has 0 spiro atoms. The molecule has 0 amide bonds. The topological polar surface area (TPSA) is 18.5 Å². The lowest BCUT2D eigenvalue weighted by Gasteiger charge is -2.15. The first-order valence-corrected chi connectivity index (χ1v) is 7.23. The Balaban J connectivity index is 2.27. The molecule has 0 bridgehead atoms. The lowest BCUT2D eigenvalue weighted by atomic mass is 10.2. The van der Waals surface area contributed by atoms with E-state index in [4.69, 9.17) is 44.3 Å². The van der Waals surface area contributed by atoms with Gasteiger partial charge in [0.2, 0.25) is 0 Å². The number of halogens is 3. The molecule has 0 fully saturated rings. The fourth-order valence-electron chi connectivity index (χ4n) is 1.80. The van der Waals surface area contributed by atoms with Crippen molar-refractivity contribution >= 4 is 34.8 Å². The van der Waals surface area contributed by atoms with Crippen molar-refractivity contribution < 1.29 is 9.47 Å². The minimum absolute atomic E-state index is 0.286. The summed E-state index contributed by atoms with van der Waals surface area (Å²) < 4.78 is 11.1. The first kappa shape index (κ1) is 15.3. The van der Waals surface area contributed by atoms with Crippen LogP contribution in [0.1, 0.15) is 11.1 Å². The predicted octanol–water partition coefficient (Wildman–Crippen LogP) is 5.32. The van der Waals surface area contributed by atoms with E-state index in [1.165, 1.54) is 0 Å². The monoisotopic (exact) mass is 330 g/mol. The highest BCUT2D eigenvalue weighted by Gasteiger charge is 2.13. The summed E-state index contributed by atoms with van der Waals surface area (Å²) >= 11 is 18.0. The lowest BCUT2D eigenvalue weighted by molar-refractivity contribution is 0.282. The van der Waals surface area contributed by atoms with Crippen molar-refractivity contribution in [1.29, 1.82) is 0 Å². The summed E-state index contributed by atoms with van der Waals surface area (Å²) in [5.74, 6) is 1.43. The molecule has 20 heavy (non-hydrogen) atoms. The molecule has 0 heterocycles. The Labute approximate surface area is 133 Å². The molecule has 0 aliphatic carbocycles. The normalized spacial score (nSPS) is 10.4. The largest absolute Gasteiger partial charge is 0.493 e. The van der Waals surface area contributed by atoms with Crippen LogP contribution in [-0.4, -0.2) is 7.11 Å². The first-order chi connectivity index (χ1) is 9.65. The van der Waals surface area contributed by atoms with Crippen molar-refractivity contribution in [3.63, 3.8) is 0 Å². The molecule has 0 N–H and O–H groups in total. The summed E-state index contributed by atoms with van der Waals surface area (Å²) in [6, 6.07) is 11.0. The van der Waals surface area contributed by atoms with Crippen LogP contribution in [0.5, 0.6) is 11.5 Å². The Hall–Kier alpha value is -1.09. The zero-order chi connectivity index (χ0) is 14.5. The van der Waals surface area contributed by atoms with Crippen molar-refractivity contribution in [2.75, 3.05) is 7.11 Å². The number of hydrogen-bond acceptors (Lipinski definition) is 2. The highest BCUT2D eigenvalue weighted by Crippen LogP contribution is 2.36. The molecule has 2 aromatic rings. The molecule has 106 valence electrons. The molecule has 0 atom stereocenters. The Kier molecular flexibility index (Phi) is 5.41. The number of benzene rings is 2. The zero-order valence-corrected chi connectivity index (χ0v) is 13.1. The molecule has 0 saturated heterocycles. The van der Waals surface area contributed by atoms with E-state index >= 15 is 0 Å². The van der Waals surface area contributed by atoms with Crippen molar-refractivity contribution in [3.8, 4) is 11.5 Å². The predicted molar refractivity (Wildman–Crippen MR) is 83.3 cm³/mol. The Morgan fingerprint density at radius 1 is 1.05 bits per heavy atom. The number of alkyl halides is 1. The average molecular weight is 332 g/mol. The van der Waals surface area contributed by atoms with Crippen LogP contribution >= 0.6 is 34.8 Å². The molecule has 2 nitrogen and oxygen atoms in total. The fourth-order valence-corrected chi connectivity index (χ4v) is 2.42. The molecule has 0 aromatic heterocycles. The Morgan fingerprint density at radius 2 is 1.80 bits per heavy atom. The van der Waals surface area contributed by atoms with Gasteiger partial charge in [-0.05, 0) is 12.1 Å². The highest BCUT2D eigenvalue weighted by atomic mass is 35.5. The summed E-state index contributed by atoms with van der Waals surface area (Å²) in [4.78, 5) is 0. The van der Waals surface area contributed by atoms with Crippen molar-refractivity contribution in [2.24, 2.45) is 0 Å². The van der Waals surface area contributed by atoms with Crippen LogP contribution in [0, 0.1) is 0 Å². The molecule has 0 radical (unpaired) electrons. The number of ether oxygens (including phenoxy) is 2.